The first-order valence-electron chi connectivity index (χ1n) is 6.61. The zero-order chi connectivity index (χ0) is 13.9. The summed E-state index contributed by atoms with van der Waals surface area (Å²) in [6.07, 6.45) is 3.05. The van der Waals surface area contributed by atoms with Gasteiger partial charge in [-0.2, -0.15) is 5.10 Å². The molecule has 3 rings (SSSR count). The summed E-state index contributed by atoms with van der Waals surface area (Å²) < 4.78 is 0. The molecule has 2 aromatic rings. The van der Waals surface area contributed by atoms with Crippen LogP contribution >= 0.6 is 11.6 Å². The van der Waals surface area contributed by atoms with Gasteiger partial charge >= 0.3 is 0 Å². The first kappa shape index (κ1) is 13.1. The zero-order valence-corrected chi connectivity index (χ0v) is 11.6. The van der Waals surface area contributed by atoms with Crippen LogP contribution in [0.15, 0.2) is 30.6 Å². The molecular weight excluding hydrogens is 276 g/mol. The Morgan fingerprint density at radius 2 is 2.20 bits per heavy atom. The van der Waals surface area contributed by atoms with E-state index in [9.17, 15) is 4.79 Å². The van der Waals surface area contributed by atoms with E-state index in [2.05, 4.69) is 20.5 Å². The summed E-state index contributed by atoms with van der Waals surface area (Å²) in [5.41, 5.74) is 1.18. The van der Waals surface area contributed by atoms with E-state index >= 15 is 0 Å². The van der Waals surface area contributed by atoms with E-state index in [1.165, 1.54) is 11.9 Å². The van der Waals surface area contributed by atoms with Crippen LogP contribution in [0.5, 0.6) is 0 Å². The fourth-order valence-corrected chi connectivity index (χ4v) is 2.48. The highest BCUT2D eigenvalue weighted by atomic mass is 35.5. The van der Waals surface area contributed by atoms with Gasteiger partial charge in [0.2, 0.25) is 5.91 Å². The molecule has 5 nitrogen and oxygen atoms in total. The van der Waals surface area contributed by atoms with Crippen molar-refractivity contribution in [2.45, 2.75) is 18.8 Å². The number of nitrogens with zero attached hydrogens (tertiary/aromatic N) is 2. The minimum atomic E-state index is 0.0888. The molecule has 20 heavy (non-hydrogen) atoms. The van der Waals surface area contributed by atoms with Gasteiger partial charge in [-0.05, 0) is 30.0 Å². The minimum absolute atomic E-state index is 0.0888. The van der Waals surface area contributed by atoms with Gasteiger partial charge in [0.25, 0.3) is 0 Å². The van der Waals surface area contributed by atoms with Gasteiger partial charge in [0.05, 0.1) is 0 Å². The van der Waals surface area contributed by atoms with E-state index in [1.807, 2.05) is 24.3 Å². The van der Waals surface area contributed by atoms with Crippen molar-refractivity contribution < 1.29 is 4.79 Å². The van der Waals surface area contributed by atoms with Crippen molar-refractivity contribution in [2.24, 2.45) is 5.92 Å². The highest BCUT2D eigenvalue weighted by Crippen LogP contribution is 2.47. The van der Waals surface area contributed by atoms with Crippen molar-refractivity contribution in [1.82, 2.24) is 20.5 Å². The summed E-state index contributed by atoms with van der Waals surface area (Å²) in [7, 11) is 0. The van der Waals surface area contributed by atoms with E-state index in [-0.39, 0.29) is 11.8 Å². The molecule has 104 valence electrons. The molecular formula is C14H15ClN4O. The van der Waals surface area contributed by atoms with Crippen LogP contribution in [0.1, 0.15) is 23.7 Å². The Morgan fingerprint density at radius 1 is 1.40 bits per heavy atom. The van der Waals surface area contributed by atoms with Crippen molar-refractivity contribution in [3.05, 3.63) is 47.0 Å². The molecule has 1 saturated carbocycles. The molecule has 6 heteroatoms. The van der Waals surface area contributed by atoms with Crippen molar-refractivity contribution in [3.8, 4) is 0 Å². The summed E-state index contributed by atoms with van der Waals surface area (Å²) in [5.74, 6) is 1.32. The lowest BCUT2D eigenvalue weighted by atomic mass is 10.1. The van der Waals surface area contributed by atoms with Crippen LogP contribution in [0.2, 0.25) is 5.02 Å². The summed E-state index contributed by atoms with van der Waals surface area (Å²) in [6.45, 7) is 0.581. The standard InChI is InChI=1S/C14H15ClN4O/c15-10-3-1-9(2-4-10)11-7-12(11)14(20)16-6-5-13-17-8-18-19-13/h1-4,8,11-12H,5-7H2,(H,16,20)(H,17,18,19)/t11-,12+/m1/s1. The molecule has 1 aliphatic rings. The molecule has 0 aliphatic heterocycles. The number of H-pyrrole nitrogens is 1. The van der Waals surface area contributed by atoms with Crippen LogP contribution in [0, 0.1) is 5.92 Å². The third-order valence-corrected chi connectivity index (χ3v) is 3.80. The Kier molecular flexibility index (Phi) is 3.69. The first-order valence-corrected chi connectivity index (χ1v) is 6.99. The Hall–Kier alpha value is -1.88. The van der Waals surface area contributed by atoms with Crippen LogP contribution in [-0.4, -0.2) is 27.6 Å². The average Bonchev–Trinajstić information content (AvgIpc) is 3.08. The van der Waals surface area contributed by atoms with Crippen LogP contribution in [0.25, 0.3) is 0 Å². The number of aromatic amines is 1. The fraction of sp³-hybridized carbons (Fsp3) is 0.357. The topological polar surface area (TPSA) is 70.7 Å². The predicted octanol–water partition coefficient (Wildman–Crippen LogP) is 1.92. The fourth-order valence-electron chi connectivity index (χ4n) is 2.35. The molecule has 0 spiro atoms. The number of rotatable bonds is 5. The minimum Gasteiger partial charge on any atom is -0.355 e. The maximum atomic E-state index is 12.0. The van der Waals surface area contributed by atoms with Crippen molar-refractivity contribution in [1.29, 1.82) is 0 Å². The molecule has 1 aromatic heterocycles. The van der Waals surface area contributed by atoms with Gasteiger partial charge in [-0.15, -0.1) is 0 Å². The summed E-state index contributed by atoms with van der Waals surface area (Å²) >= 11 is 5.86. The van der Waals surface area contributed by atoms with Gasteiger partial charge < -0.3 is 5.32 Å². The Morgan fingerprint density at radius 3 is 2.90 bits per heavy atom. The van der Waals surface area contributed by atoms with Crippen molar-refractivity contribution in [2.75, 3.05) is 6.54 Å². The van der Waals surface area contributed by atoms with Crippen molar-refractivity contribution >= 4 is 17.5 Å². The third-order valence-electron chi connectivity index (χ3n) is 3.55. The molecule has 1 amide bonds. The molecule has 2 N–H and O–H groups in total. The monoisotopic (exact) mass is 290 g/mol. The predicted molar refractivity (Wildman–Crippen MR) is 75.4 cm³/mol. The smallest absolute Gasteiger partial charge is 0.223 e. The van der Waals surface area contributed by atoms with Gasteiger partial charge in [0, 0.05) is 23.9 Å². The van der Waals surface area contributed by atoms with E-state index in [1.54, 1.807) is 0 Å². The lowest BCUT2D eigenvalue weighted by molar-refractivity contribution is -0.122. The second kappa shape index (κ2) is 5.63. The molecule has 1 heterocycles. The van der Waals surface area contributed by atoms with Gasteiger partial charge in [-0.25, -0.2) is 4.98 Å². The molecule has 2 atom stereocenters. The van der Waals surface area contributed by atoms with E-state index < -0.39 is 0 Å². The molecule has 0 bridgehead atoms. The highest BCUT2D eigenvalue weighted by molar-refractivity contribution is 6.30. The average molecular weight is 291 g/mol. The molecule has 0 radical (unpaired) electrons. The number of carbonyl (C=O) groups excluding carboxylic acids is 1. The van der Waals surface area contributed by atoms with E-state index in [0.717, 1.165) is 17.3 Å². The number of hydrogen-bond donors (Lipinski definition) is 2. The third kappa shape index (κ3) is 2.99. The highest BCUT2D eigenvalue weighted by Gasteiger charge is 2.43. The molecule has 0 saturated heterocycles. The van der Waals surface area contributed by atoms with Gasteiger partial charge in [-0.1, -0.05) is 23.7 Å². The maximum Gasteiger partial charge on any atom is 0.223 e. The second-order valence-corrected chi connectivity index (χ2v) is 5.41. The lowest BCUT2D eigenvalue weighted by Gasteiger charge is -2.04. The van der Waals surface area contributed by atoms with Gasteiger partial charge in [0.1, 0.15) is 12.2 Å². The Balaban J connectivity index is 1.46. The normalized spacial score (nSPS) is 20.6. The maximum absolute atomic E-state index is 12.0. The molecule has 1 fully saturated rings. The number of carbonyl (C=O) groups is 1. The Bertz CT molecular complexity index is 582. The zero-order valence-electron chi connectivity index (χ0n) is 10.8. The van der Waals surface area contributed by atoms with Gasteiger partial charge in [-0.3, -0.25) is 9.89 Å². The van der Waals surface area contributed by atoms with Crippen LogP contribution in [0.4, 0.5) is 0 Å². The van der Waals surface area contributed by atoms with E-state index in [4.69, 9.17) is 11.6 Å². The van der Waals surface area contributed by atoms with Gasteiger partial charge in [0.15, 0.2) is 0 Å². The lowest BCUT2D eigenvalue weighted by Crippen LogP contribution is -2.27. The number of halogens is 1. The number of nitrogens with one attached hydrogen (secondary N) is 2. The first-order chi connectivity index (χ1) is 9.74. The number of aromatic nitrogens is 3. The summed E-state index contributed by atoms with van der Waals surface area (Å²) in [5, 5.41) is 10.2. The largest absolute Gasteiger partial charge is 0.355 e. The second-order valence-electron chi connectivity index (χ2n) is 4.97. The summed E-state index contributed by atoms with van der Waals surface area (Å²) in [4.78, 5) is 16.0. The van der Waals surface area contributed by atoms with Crippen molar-refractivity contribution in [3.63, 3.8) is 0 Å². The molecule has 1 aromatic carbocycles. The molecule has 1 aliphatic carbocycles. The molecule has 0 unspecified atom stereocenters. The summed E-state index contributed by atoms with van der Waals surface area (Å²) in [6, 6.07) is 7.73. The van der Waals surface area contributed by atoms with E-state index in [0.29, 0.717) is 18.9 Å². The number of benzene rings is 1. The number of hydrogen-bond acceptors (Lipinski definition) is 3. The SMILES string of the molecule is O=C(NCCc1ncn[nH]1)[C@H]1C[C@@H]1c1ccc(Cl)cc1. The van der Waals surface area contributed by atoms with Crippen LogP contribution < -0.4 is 5.32 Å². The van der Waals surface area contributed by atoms with Crippen LogP contribution in [-0.2, 0) is 11.2 Å². The Labute approximate surface area is 121 Å². The van der Waals surface area contributed by atoms with Crippen LogP contribution in [0.3, 0.4) is 0 Å². The number of amides is 1. The quantitative estimate of drug-likeness (QED) is 0.884.